The maximum atomic E-state index is 12.0. The van der Waals surface area contributed by atoms with Crippen LogP contribution in [0.3, 0.4) is 0 Å². The first-order valence-corrected chi connectivity index (χ1v) is 7.51. The van der Waals surface area contributed by atoms with Crippen LogP contribution in [0.2, 0.25) is 0 Å². The number of ketones is 1. The fraction of sp³-hybridized carbons (Fsp3) is 0.417. The lowest BCUT2D eigenvalue weighted by Crippen LogP contribution is -2.02. The first-order valence-electron chi connectivity index (χ1n) is 5.75. The number of hydrogen-bond acceptors (Lipinski definition) is 5. The van der Waals surface area contributed by atoms with Gasteiger partial charge in [0, 0.05) is 23.4 Å². The van der Waals surface area contributed by atoms with Gasteiger partial charge in [-0.25, -0.2) is 4.98 Å². The van der Waals surface area contributed by atoms with Crippen molar-refractivity contribution in [2.24, 2.45) is 0 Å². The quantitative estimate of drug-likeness (QED) is 0.676. The Balaban J connectivity index is 1.98. The number of aryl methyl sites for hydroxylation is 3. The number of nitrogens with one attached hydrogen (secondary N) is 1. The summed E-state index contributed by atoms with van der Waals surface area (Å²) in [5.74, 6) is 1.40. The minimum absolute atomic E-state index is 0.134. The average molecular weight is 281 g/mol. The molecule has 0 saturated carbocycles. The smallest absolute Gasteiger partial charge is 0.174 e. The molecule has 0 fully saturated rings. The van der Waals surface area contributed by atoms with Gasteiger partial charge in [0.25, 0.3) is 0 Å². The average Bonchev–Trinajstić information content (AvgIpc) is 2.92. The lowest BCUT2D eigenvalue weighted by atomic mass is 10.2. The van der Waals surface area contributed by atoms with Crippen LogP contribution in [0.1, 0.15) is 34.5 Å². The minimum atomic E-state index is 0.134. The summed E-state index contributed by atoms with van der Waals surface area (Å²) in [4.78, 5) is 19.5. The molecule has 2 rings (SSSR count). The van der Waals surface area contributed by atoms with E-state index in [-0.39, 0.29) is 5.78 Å². The molecule has 0 aliphatic carbocycles. The Morgan fingerprint density at radius 1 is 1.50 bits per heavy atom. The molecule has 0 aliphatic heterocycles. The highest BCUT2D eigenvalue weighted by molar-refractivity contribution is 8.01. The van der Waals surface area contributed by atoms with E-state index in [1.54, 1.807) is 0 Å². The number of carbonyl (C=O) groups is 1. The van der Waals surface area contributed by atoms with Crippen molar-refractivity contribution >= 4 is 29.1 Å². The van der Waals surface area contributed by atoms with Gasteiger partial charge in [-0.2, -0.15) is 4.37 Å². The van der Waals surface area contributed by atoms with E-state index < -0.39 is 0 Å². The van der Waals surface area contributed by atoms with Crippen molar-refractivity contribution < 1.29 is 4.79 Å². The van der Waals surface area contributed by atoms with Gasteiger partial charge in [0.1, 0.15) is 5.82 Å². The highest BCUT2D eigenvalue weighted by Gasteiger charge is 2.13. The van der Waals surface area contributed by atoms with Gasteiger partial charge in [0.2, 0.25) is 0 Å². The number of H-pyrrole nitrogens is 1. The number of carbonyl (C=O) groups excluding carboxylic acids is 1. The second-order valence-corrected chi connectivity index (χ2v) is 6.01. The summed E-state index contributed by atoms with van der Waals surface area (Å²) >= 11 is 2.82. The molecule has 0 bridgehead atoms. The molecule has 96 valence electrons. The first kappa shape index (κ1) is 13.3. The van der Waals surface area contributed by atoms with Crippen molar-refractivity contribution in [1.29, 1.82) is 0 Å². The van der Waals surface area contributed by atoms with Crippen molar-refractivity contribution in [3.8, 4) is 0 Å². The first-order chi connectivity index (χ1) is 8.60. The van der Waals surface area contributed by atoms with E-state index in [0.717, 1.165) is 33.5 Å². The van der Waals surface area contributed by atoms with E-state index in [4.69, 9.17) is 0 Å². The molecule has 0 unspecified atom stereocenters. The summed E-state index contributed by atoms with van der Waals surface area (Å²) in [5, 5.41) is 0. The maximum Gasteiger partial charge on any atom is 0.174 e. The number of thioether (sulfide) groups is 1. The Labute approximate surface area is 114 Å². The Bertz CT molecular complexity index is 559. The fourth-order valence-corrected chi connectivity index (χ4v) is 3.24. The molecule has 18 heavy (non-hydrogen) atoms. The van der Waals surface area contributed by atoms with Gasteiger partial charge in [-0.3, -0.25) is 4.79 Å². The molecular weight excluding hydrogens is 266 g/mol. The molecular formula is C12H15N3OS2. The van der Waals surface area contributed by atoms with Crippen LogP contribution in [0.4, 0.5) is 0 Å². The monoisotopic (exact) mass is 281 g/mol. The van der Waals surface area contributed by atoms with Crippen LogP contribution in [0.15, 0.2) is 10.4 Å². The molecule has 2 heterocycles. The predicted molar refractivity (Wildman–Crippen MR) is 74.6 cm³/mol. The Morgan fingerprint density at radius 2 is 2.28 bits per heavy atom. The van der Waals surface area contributed by atoms with Crippen molar-refractivity contribution in [2.45, 2.75) is 31.5 Å². The van der Waals surface area contributed by atoms with Gasteiger partial charge in [0.05, 0.1) is 5.75 Å². The van der Waals surface area contributed by atoms with Crippen molar-refractivity contribution in [2.75, 3.05) is 5.75 Å². The molecule has 0 saturated heterocycles. The fourth-order valence-electron chi connectivity index (χ4n) is 1.66. The molecule has 1 N–H and O–H groups in total. The molecule has 0 radical (unpaired) electrons. The number of aromatic nitrogens is 3. The van der Waals surface area contributed by atoms with Crippen LogP contribution in [0.5, 0.6) is 0 Å². The van der Waals surface area contributed by atoms with Crippen molar-refractivity contribution in [1.82, 2.24) is 14.3 Å². The summed E-state index contributed by atoms with van der Waals surface area (Å²) in [5.41, 5.74) is 2.73. The number of Topliss-reactive ketones (excluding diaryl/α,β-unsaturated/α-hetero) is 1. The third-order valence-electron chi connectivity index (χ3n) is 2.54. The second kappa shape index (κ2) is 5.67. The summed E-state index contributed by atoms with van der Waals surface area (Å²) in [7, 11) is 0. The van der Waals surface area contributed by atoms with Gasteiger partial charge in [-0.15, -0.1) is 0 Å². The van der Waals surface area contributed by atoms with E-state index >= 15 is 0 Å². The molecule has 0 aromatic carbocycles. The van der Waals surface area contributed by atoms with Crippen LogP contribution in [-0.4, -0.2) is 25.9 Å². The molecule has 2 aromatic rings. The normalized spacial score (nSPS) is 10.8. The Morgan fingerprint density at radius 3 is 2.83 bits per heavy atom. The number of nitrogens with zero attached hydrogens (tertiary/aromatic N) is 2. The SMILES string of the molecule is CCc1nsc(SCC(=O)c2cc(C)[nH]c2C)n1. The molecule has 6 heteroatoms. The summed E-state index contributed by atoms with van der Waals surface area (Å²) in [6.45, 7) is 5.90. The number of hydrogen-bond donors (Lipinski definition) is 1. The number of rotatable bonds is 5. The zero-order chi connectivity index (χ0) is 13.1. The second-order valence-electron chi connectivity index (χ2n) is 4.03. The van der Waals surface area contributed by atoms with Gasteiger partial charge >= 0.3 is 0 Å². The zero-order valence-electron chi connectivity index (χ0n) is 10.6. The Hall–Kier alpha value is -1.14. The predicted octanol–water partition coefficient (Wildman–Crippen LogP) is 3.02. The number of aromatic amines is 1. The molecule has 2 aromatic heterocycles. The maximum absolute atomic E-state index is 12.0. The highest BCUT2D eigenvalue weighted by atomic mass is 32.2. The molecule has 0 aliphatic rings. The standard InChI is InChI=1S/C12H15N3OS2/c1-4-11-14-12(18-15-11)17-6-10(16)9-5-7(2)13-8(9)3/h5,13H,4,6H2,1-3H3. The molecule has 0 amide bonds. The lowest BCUT2D eigenvalue weighted by Gasteiger charge is -1.97. The minimum Gasteiger partial charge on any atom is -0.362 e. The van der Waals surface area contributed by atoms with E-state index in [1.807, 2.05) is 26.8 Å². The van der Waals surface area contributed by atoms with E-state index in [1.165, 1.54) is 23.3 Å². The van der Waals surface area contributed by atoms with E-state index in [0.29, 0.717) is 5.75 Å². The van der Waals surface area contributed by atoms with Gasteiger partial charge in [-0.1, -0.05) is 18.7 Å². The summed E-state index contributed by atoms with van der Waals surface area (Å²) < 4.78 is 5.07. The third kappa shape index (κ3) is 3.00. The van der Waals surface area contributed by atoms with Crippen LogP contribution in [0, 0.1) is 13.8 Å². The van der Waals surface area contributed by atoms with Gasteiger partial charge < -0.3 is 4.98 Å². The highest BCUT2D eigenvalue weighted by Crippen LogP contribution is 2.22. The summed E-state index contributed by atoms with van der Waals surface area (Å²) in [6, 6.07) is 1.90. The van der Waals surface area contributed by atoms with Crippen LogP contribution >= 0.6 is 23.3 Å². The van der Waals surface area contributed by atoms with Crippen LogP contribution in [0.25, 0.3) is 0 Å². The van der Waals surface area contributed by atoms with E-state index in [9.17, 15) is 4.79 Å². The largest absolute Gasteiger partial charge is 0.362 e. The van der Waals surface area contributed by atoms with Gasteiger partial charge in [-0.05, 0) is 31.4 Å². The Kier molecular flexibility index (Phi) is 4.19. The zero-order valence-corrected chi connectivity index (χ0v) is 12.2. The topological polar surface area (TPSA) is 58.6 Å². The van der Waals surface area contributed by atoms with Crippen LogP contribution < -0.4 is 0 Å². The lowest BCUT2D eigenvalue weighted by molar-refractivity contribution is 0.102. The molecule has 0 spiro atoms. The molecule has 0 atom stereocenters. The van der Waals surface area contributed by atoms with Crippen molar-refractivity contribution in [3.05, 3.63) is 28.8 Å². The van der Waals surface area contributed by atoms with E-state index in [2.05, 4.69) is 14.3 Å². The van der Waals surface area contributed by atoms with Crippen LogP contribution in [-0.2, 0) is 6.42 Å². The van der Waals surface area contributed by atoms with Gasteiger partial charge in [0.15, 0.2) is 10.1 Å². The molecule has 4 nitrogen and oxygen atoms in total. The van der Waals surface area contributed by atoms with Crippen molar-refractivity contribution in [3.63, 3.8) is 0 Å². The summed E-state index contributed by atoms with van der Waals surface area (Å²) in [6.07, 6.45) is 0.834. The third-order valence-corrected chi connectivity index (χ3v) is 4.41.